The maximum atomic E-state index is 15.9. The van der Waals surface area contributed by atoms with E-state index < -0.39 is 5.97 Å². The third kappa shape index (κ3) is 5.66. The van der Waals surface area contributed by atoms with Crippen molar-refractivity contribution in [2.24, 2.45) is 5.92 Å². The second-order valence-corrected chi connectivity index (χ2v) is 11.0. The van der Waals surface area contributed by atoms with Gasteiger partial charge in [0, 0.05) is 35.2 Å². The number of benzene rings is 3. The molecule has 198 valence electrons. The Bertz CT molecular complexity index is 1400. The summed E-state index contributed by atoms with van der Waals surface area (Å²) in [5.41, 5.74) is 5.78. The maximum absolute atomic E-state index is 15.9. The Kier molecular flexibility index (Phi) is 8.18. The highest BCUT2D eigenvalue weighted by Gasteiger charge is 2.28. The highest BCUT2D eigenvalue weighted by Crippen LogP contribution is 2.43. The molecule has 0 unspecified atom stereocenters. The van der Waals surface area contributed by atoms with E-state index in [1.165, 1.54) is 0 Å². The minimum atomic E-state index is -0.988. The quantitative estimate of drug-likeness (QED) is 0.306. The van der Waals surface area contributed by atoms with Crippen molar-refractivity contribution in [3.63, 3.8) is 0 Å². The zero-order valence-electron chi connectivity index (χ0n) is 21.0. The molecule has 1 saturated heterocycles. The summed E-state index contributed by atoms with van der Waals surface area (Å²) >= 11 is 12.8. The standard InChI is InChI=1S/C31H29Cl2F2NO2/c32-23-7-10-25(28(33)16-23)26-4-1-3-21-15-22(31(37)38)6-9-24(21)30(26)27-8-5-19(14-29(27)35)13-20-17-36(18-20)12-2-11-34/h5-10,14-16,20H,1-4,11-13,17-18H2,(H,37,38). The SMILES string of the molecule is O=C(O)c1ccc2c(c1)CCCC(c1ccc(Cl)cc1Cl)=C2c1ccc(CC2CN(CCCF)C2)cc1F. The van der Waals surface area contributed by atoms with E-state index >= 15 is 4.39 Å². The number of aromatic carboxylic acids is 1. The fourth-order valence-electron chi connectivity index (χ4n) is 5.73. The van der Waals surface area contributed by atoms with Gasteiger partial charge in [-0.25, -0.2) is 9.18 Å². The number of hydrogen-bond donors (Lipinski definition) is 1. The van der Waals surface area contributed by atoms with Crippen LogP contribution in [0.2, 0.25) is 10.0 Å². The topological polar surface area (TPSA) is 40.5 Å². The Balaban J connectivity index is 1.55. The number of carbonyl (C=O) groups is 1. The summed E-state index contributed by atoms with van der Waals surface area (Å²) in [6, 6.07) is 15.8. The van der Waals surface area contributed by atoms with Gasteiger partial charge in [0.1, 0.15) is 5.82 Å². The van der Waals surface area contributed by atoms with Gasteiger partial charge >= 0.3 is 5.97 Å². The summed E-state index contributed by atoms with van der Waals surface area (Å²) in [5, 5.41) is 10.6. The van der Waals surface area contributed by atoms with Gasteiger partial charge in [-0.15, -0.1) is 0 Å². The molecule has 0 saturated carbocycles. The first-order valence-corrected chi connectivity index (χ1v) is 13.7. The molecule has 1 heterocycles. The number of hydrogen-bond acceptors (Lipinski definition) is 2. The van der Waals surface area contributed by atoms with Crippen LogP contribution in [0.25, 0.3) is 11.1 Å². The van der Waals surface area contributed by atoms with Gasteiger partial charge in [-0.3, -0.25) is 4.39 Å². The summed E-state index contributed by atoms with van der Waals surface area (Å²) in [6.45, 7) is 2.29. The monoisotopic (exact) mass is 555 g/mol. The molecular formula is C31H29Cl2F2NO2. The van der Waals surface area contributed by atoms with Crippen LogP contribution in [-0.4, -0.2) is 42.3 Å². The fourth-order valence-corrected chi connectivity index (χ4v) is 6.25. The molecule has 1 N–H and O–H groups in total. The second-order valence-electron chi connectivity index (χ2n) is 10.2. The van der Waals surface area contributed by atoms with Crippen molar-refractivity contribution < 1.29 is 18.7 Å². The molecule has 0 bridgehead atoms. The van der Waals surface area contributed by atoms with Crippen LogP contribution in [0, 0.1) is 11.7 Å². The smallest absolute Gasteiger partial charge is 0.335 e. The second kappa shape index (κ2) is 11.6. The number of likely N-dealkylation sites (tertiary alicyclic amines) is 1. The lowest BCUT2D eigenvalue weighted by atomic mass is 9.85. The van der Waals surface area contributed by atoms with E-state index in [2.05, 4.69) is 4.90 Å². The number of fused-ring (bicyclic) bond motifs is 1. The minimum absolute atomic E-state index is 0.216. The number of nitrogens with zero attached hydrogens (tertiary/aromatic N) is 1. The lowest BCUT2D eigenvalue weighted by molar-refractivity contribution is 0.0696. The molecule has 3 nitrogen and oxygen atoms in total. The molecule has 38 heavy (non-hydrogen) atoms. The number of carboxylic acids is 1. The van der Waals surface area contributed by atoms with Gasteiger partial charge in [0.25, 0.3) is 0 Å². The lowest BCUT2D eigenvalue weighted by Gasteiger charge is -2.39. The Hall–Kier alpha value is -2.73. The number of aryl methyl sites for hydroxylation is 1. The van der Waals surface area contributed by atoms with E-state index in [-0.39, 0.29) is 18.1 Å². The Morgan fingerprint density at radius 1 is 0.974 bits per heavy atom. The summed E-state index contributed by atoms with van der Waals surface area (Å²) in [5.74, 6) is -0.863. The molecule has 3 aromatic carbocycles. The third-order valence-corrected chi connectivity index (χ3v) is 8.07. The zero-order valence-corrected chi connectivity index (χ0v) is 22.5. The molecule has 7 heteroatoms. The first-order chi connectivity index (χ1) is 18.3. The van der Waals surface area contributed by atoms with Gasteiger partial charge in [0.05, 0.1) is 12.2 Å². The normalized spacial score (nSPS) is 16.2. The number of alkyl halides is 1. The molecule has 0 amide bonds. The summed E-state index contributed by atoms with van der Waals surface area (Å²) in [4.78, 5) is 13.9. The number of rotatable bonds is 8. The van der Waals surface area contributed by atoms with E-state index in [1.54, 1.807) is 36.4 Å². The first kappa shape index (κ1) is 26.9. The molecule has 3 aromatic rings. The molecular weight excluding hydrogens is 527 g/mol. The molecule has 5 rings (SSSR count). The van der Waals surface area contributed by atoms with Crippen molar-refractivity contribution in [2.45, 2.75) is 32.1 Å². The van der Waals surface area contributed by atoms with E-state index in [0.29, 0.717) is 40.8 Å². The molecule has 0 atom stereocenters. The maximum Gasteiger partial charge on any atom is 0.335 e. The van der Waals surface area contributed by atoms with Crippen LogP contribution in [0.1, 0.15) is 57.4 Å². The number of allylic oxidation sites excluding steroid dienone is 1. The third-order valence-electron chi connectivity index (χ3n) is 7.52. The van der Waals surface area contributed by atoms with Crippen molar-refractivity contribution in [1.29, 1.82) is 0 Å². The van der Waals surface area contributed by atoms with Crippen LogP contribution in [0.5, 0.6) is 0 Å². The van der Waals surface area contributed by atoms with E-state index in [4.69, 9.17) is 23.2 Å². The lowest BCUT2D eigenvalue weighted by Crippen LogP contribution is -2.47. The molecule has 0 spiro atoms. The predicted octanol–water partition coefficient (Wildman–Crippen LogP) is 7.96. The number of halogens is 4. The van der Waals surface area contributed by atoms with Crippen molar-refractivity contribution >= 4 is 40.3 Å². The van der Waals surface area contributed by atoms with Crippen LogP contribution < -0.4 is 0 Å². The Labute approximate surface area is 231 Å². The molecule has 0 radical (unpaired) electrons. The summed E-state index contributed by atoms with van der Waals surface area (Å²) in [6.07, 6.45) is 3.44. The van der Waals surface area contributed by atoms with Gasteiger partial charge in [-0.05, 0) is 102 Å². The highest BCUT2D eigenvalue weighted by molar-refractivity contribution is 6.36. The molecule has 2 aliphatic rings. The molecule has 1 fully saturated rings. The van der Waals surface area contributed by atoms with Crippen LogP contribution in [0.3, 0.4) is 0 Å². The Morgan fingerprint density at radius 3 is 2.45 bits per heavy atom. The van der Waals surface area contributed by atoms with E-state index in [1.807, 2.05) is 18.2 Å². The Morgan fingerprint density at radius 2 is 1.74 bits per heavy atom. The van der Waals surface area contributed by atoms with Gasteiger partial charge < -0.3 is 10.0 Å². The van der Waals surface area contributed by atoms with Crippen molar-refractivity contribution in [3.05, 3.63) is 104 Å². The van der Waals surface area contributed by atoms with Crippen molar-refractivity contribution in [2.75, 3.05) is 26.3 Å². The molecule has 0 aromatic heterocycles. The van der Waals surface area contributed by atoms with Crippen LogP contribution in [-0.2, 0) is 12.8 Å². The minimum Gasteiger partial charge on any atom is -0.478 e. The fraction of sp³-hybridized carbons (Fsp3) is 0.323. The van der Waals surface area contributed by atoms with E-state index in [9.17, 15) is 14.3 Å². The average Bonchev–Trinajstić information content (AvgIpc) is 3.04. The van der Waals surface area contributed by atoms with Crippen LogP contribution in [0.15, 0.2) is 54.6 Å². The summed E-state index contributed by atoms with van der Waals surface area (Å²) in [7, 11) is 0. The first-order valence-electron chi connectivity index (χ1n) is 13.0. The number of carboxylic acid groups (broad SMARTS) is 1. The largest absolute Gasteiger partial charge is 0.478 e. The van der Waals surface area contributed by atoms with Crippen molar-refractivity contribution in [3.8, 4) is 0 Å². The van der Waals surface area contributed by atoms with Gasteiger partial charge in [-0.2, -0.15) is 0 Å². The molecule has 1 aliphatic heterocycles. The van der Waals surface area contributed by atoms with Gasteiger partial charge in [-0.1, -0.05) is 47.5 Å². The zero-order chi connectivity index (χ0) is 26.8. The average molecular weight is 556 g/mol. The highest BCUT2D eigenvalue weighted by atomic mass is 35.5. The molecule has 1 aliphatic carbocycles. The van der Waals surface area contributed by atoms with Gasteiger partial charge in [0.2, 0.25) is 0 Å². The van der Waals surface area contributed by atoms with E-state index in [0.717, 1.165) is 65.9 Å². The van der Waals surface area contributed by atoms with Crippen LogP contribution >= 0.6 is 23.2 Å². The van der Waals surface area contributed by atoms with Gasteiger partial charge in [0.15, 0.2) is 0 Å². The summed E-state index contributed by atoms with van der Waals surface area (Å²) < 4.78 is 28.3. The predicted molar refractivity (Wildman–Crippen MR) is 149 cm³/mol. The van der Waals surface area contributed by atoms with Crippen LogP contribution in [0.4, 0.5) is 8.78 Å². The van der Waals surface area contributed by atoms with Crippen molar-refractivity contribution in [1.82, 2.24) is 4.90 Å².